The van der Waals surface area contributed by atoms with Crippen LogP contribution in [0.2, 0.25) is 0 Å². The van der Waals surface area contributed by atoms with E-state index >= 15 is 0 Å². The van der Waals surface area contributed by atoms with Crippen LogP contribution in [0.15, 0.2) is 16.6 Å². The molecule has 1 unspecified atom stereocenters. The molecule has 2 rings (SSSR count). The lowest BCUT2D eigenvalue weighted by molar-refractivity contribution is -0.119. The van der Waals surface area contributed by atoms with Crippen molar-refractivity contribution in [2.45, 2.75) is 38.7 Å². The van der Waals surface area contributed by atoms with Gasteiger partial charge in [0.05, 0.1) is 23.9 Å². The summed E-state index contributed by atoms with van der Waals surface area (Å²) >= 11 is 3.38. The Morgan fingerprint density at radius 1 is 1.53 bits per heavy atom. The number of anilines is 2. The molecule has 0 aliphatic carbocycles. The fraction of sp³-hybridized carbons (Fsp3) is 0.500. The highest BCUT2D eigenvalue weighted by Gasteiger charge is 2.18. The summed E-state index contributed by atoms with van der Waals surface area (Å²) in [5.41, 5.74) is 8.15. The number of halogens is 1. The highest BCUT2D eigenvalue weighted by atomic mass is 79.9. The van der Waals surface area contributed by atoms with Gasteiger partial charge in [0.15, 0.2) is 0 Å². The zero-order valence-electron chi connectivity index (χ0n) is 11.0. The molecular weight excluding hydrogens is 308 g/mol. The van der Waals surface area contributed by atoms with Gasteiger partial charge >= 0.3 is 0 Å². The van der Waals surface area contributed by atoms with E-state index in [1.807, 2.05) is 13.0 Å². The number of nitrogen functional groups attached to an aromatic ring is 1. The number of nitrogens with one attached hydrogen (secondary N) is 1. The minimum atomic E-state index is -0.0379. The molecule has 19 heavy (non-hydrogen) atoms. The Morgan fingerprint density at radius 3 is 2.95 bits per heavy atom. The summed E-state index contributed by atoms with van der Waals surface area (Å²) in [6, 6.07) is 3.73. The zero-order valence-corrected chi connectivity index (χ0v) is 12.6. The second-order valence-electron chi connectivity index (χ2n) is 4.93. The molecule has 1 aliphatic heterocycles. The Bertz CT molecular complexity index is 448. The lowest BCUT2D eigenvalue weighted by atomic mass is 10.1. The van der Waals surface area contributed by atoms with E-state index in [0.29, 0.717) is 17.8 Å². The Labute approximate surface area is 121 Å². The second-order valence-corrected chi connectivity index (χ2v) is 5.84. The van der Waals surface area contributed by atoms with Crippen molar-refractivity contribution in [3.8, 4) is 0 Å². The number of nitrogens with two attached hydrogens (primary N) is 1. The lowest BCUT2D eigenvalue weighted by Gasteiger charge is -2.22. The number of amides is 1. The Morgan fingerprint density at radius 2 is 2.32 bits per heavy atom. The Kier molecular flexibility index (Phi) is 4.82. The first-order valence-electron chi connectivity index (χ1n) is 6.53. The lowest BCUT2D eigenvalue weighted by Crippen LogP contribution is -2.26. The molecule has 1 fully saturated rings. The van der Waals surface area contributed by atoms with E-state index in [-0.39, 0.29) is 12.0 Å². The molecule has 1 atom stereocenters. The van der Waals surface area contributed by atoms with Crippen molar-refractivity contribution in [1.82, 2.24) is 0 Å². The molecule has 104 valence electrons. The molecule has 1 aromatic rings. The smallest absolute Gasteiger partial charge is 0.227 e. The van der Waals surface area contributed by atoms with Crippen molar-refractivity contribution < 1.29 is 9.53 Å². The minimum absolute atomic E-state index is 0.0379. The molecular formula is C14H19BrN2O2. The average molecular weight is 327 g/mol. The molecule has 1 aromatic carbocycles. The van der Waals surface area contributed by atoms with Gasteiger partial charge in [-0.15, -0.1) is 0 Å². The molecule has 0 saturated carbocycles. The van der Waals surface area contributed by atoms with Crippen LogP contribution < -0.4 is 11.1 Å². The van der Waals surface area contributed by atoms with E-state index in [4.69, 9.17) is 10.5 Å². The summed E-state index contributed by atoms with van der Waals surface area (Å²) in [5, 5.41) is 2.89. The van der Waals surface area contributed by atoms with Crippen LogP contribution in [-0.2, 0) is 9.53 Å². The average Bonchev–Trinajstić information content (AvgIpc) is 2.35. The third-order valence-electron chi connectivity index (χ3n) is 3.28. The summed E-state index contributed by atoms with van der Waals surface area (Å²) < 4.78 is 6.48. The first-order valence-corrected chi connectivity index (χ1v) is 7.32. The van der Waals surface area contributed by atoms with Crippen LogP contribution in [0.4, 0.5) is 11.4 Å². The number of aryl methyl sites for hydroxylation is 1. The van der Waals surface area contributed by atoms with E-state index in [0.717, 1.165) is 35.9 Å². The van der Waals surface area contributed by atoms with Gasteiger partial charge in [-0.3, -0.25) is 4.79 Å². The first kappa shape index (κ1) is 14.3. The van der Waals surface area contributed by atoms with E-state index < -0.39 is 0 Å². The fourth-order valence-electron chi connectivity index (χ4n) is 2.31. The third kappa shape index (κ3) is 3.94. The molecule has 5 heteroatoms. The SMILES string of the molecule is Cc1cc(Br)cc(N)c1NC(=O)CC1CCCCO1. The third-order valence-corrected chi connectivity index (χ3v) is 3.74. The maximum absolute atomic E-state index is 12.0. The predicted molar refractivity (Wildman–Crippen MR) is 80.1 cm³/mol. The monoisotopic (exact) mass is 326 g/mol. The van der Waals surface area contributed by atoms with Crippen LogP contribution in [0.25, 0.3) is 0 Å². The largest absolute Gasteiger partial charge is 0.397 e. The molecule has 1 heterocycles. The molecule has 1 amide bonds. The van der Waals surface area contributed by atoms with Gasteiger partial charge < -0.3 is 15.8 Å². The minimum Gasteiger partial charge on any atom is -0.397 e. The van der Waals surface area contributed by atoms with Gasteiger partial charge in [0.25, 0.3) is 0 Å². The summed E-state index contributed by atoms with van der Waals surface area (Å²) in [5.74, 6) is -0.0379. The van der Waals surface area contributed by atoms with E-state index in [1.54, 1.807) is 6.07 Å². The van der Waals surface area contributed by atoms with Crippen molar-refractivity contribution in [2.75, 3.05) is 17.7 Å². The van der Waals surface area contributed by atoms with Crippen LogP contribution in [0.3, 0.4) is 0 Å². The highest BCUT2D eigenvalue weighted by Crippen LogP contribution is 2.28. The van der Waals surface area contributed by atoms with E-state index in [2.05, 4.69) is 21.2 Å². The molecule has 1 aliphatic rings. The number of rotatable bonds is 3. The highest BCUT2D eigenvalue weighted by molar-refractivity contribution is 9.10. The number of hydrogen-bond acceptors (Lipinski definition) is 3. The van der Waals surface area contributed by atoms with Crippen LogP contribution in [0.1, 0.15) is 31.2 Å². The summed E-state index contributed by atoms with van der Waals surface area (Å²) in [4.78, 5) is 12.0. The normalized spacial score (nSPS) is 19.2. The maximum atomic E-state index is 12.0. The van der Waals surface area contributed by atoms with Crippen LogP contribution in [0.5, 0.6) is 0 Å². The summed E-state index contributed by atoms with van der Waals surface area (Å²) in [6.07, 6.45) is 3.64. The molecule has 0 bridgehead atoms. The molecule has 0 spiro atoms. The number of hydrogen-bond donors (Lipinski definition) is 2. The van der Waals surface area contributed by atoms with Crippen molar-refractivity contribution in [3.05, 3.63) is 22.2 Å². The fourth-order valence-corrected chi connectivity index (χ4v) is 2.90. The van der Waals surface area contributed by atoms with Crippen LogP contribution in [-0.4, -0.2) is 18.6 Å². The van der Waals surface area contributed by atoms with Crippen LogP contribution >= 0.6 is 15.9 Å². The number of carbonyl (C=O) groups excluding carboxylic acids is 1. The van der Waals surface area contributed by atoms with Crippen molar-refractivity contribution in [2.24, 2.45) is 0 Å². The predicted octanol–water partition coefficient (Wildman–Crippen LogP) is 3.24. The molecule has 1 saturated heterocycles. The molecule has 4 nitrogen and oxygen atoms in total. The maximum Gasteiger partial charge on any atom is 0.227 e. The van der Waals surface area contributed by atoms with Crippen molar-refractivity contribution in [1.29, 1.82) is 0 Å². The van der Waals surface area contributed by atoms with Gasteiger partial charge in [-0.25, -0.2) is 0 Å². The standard InChI is InChI=1S/C14H19BrN2O2/c1-9-6-10(15)7-12(16)14(9)17-13(18)8-11-4-2-3-5-19-11/h6-7,11H,2-5,8,16H2,1H3,(H,17,18). The Hall–Kier alpha value is -1.07. The van der Waals surface area contributed by atoms with Gasteiger partial charge in [-0.1, -0.05) is 15.9 Å². The van der Waals surface area contributed by atoms with Gasteiger partial charge in [0.1, 0.15) is 0 Å². The van der Waals surface area contributed by atoms with Gasteiger partial charge in [-0.2, -0.15) is 0 Å². The summed E-state index contributed by atoms with van der Waals surface area (Å²) in [6.45, 7) is 2.69. The first-order chi connectivity index (χ1) is 9.06. The molecule has 0 aromatic heterocycles. The number of carbonyl (C=O) groups is 1. The second kappa shape index (κ2) is 6.39. The topological polar surface area (TPSA) is 64.3 Å². The van der Waals surface area contributed by atoms with Gasteiger partial charge in [0, 0.05) is 11.1 Å². The van der Waals surface area contributed by atoms with E-state index in [1.165, 1.54) is 0 Å². The van der Waals surface area contributed by atoms with Gasteiger partial charge in [0.2, 0.25) is 5.91 Å². The number of benzene rings is 1. The quantitative estimate of drug-likeness (QED) is 0.838. The van der Waals surface area contributed by atoms with Crippen molar-refractivity contribution in [3.63, 3.8) is 0 Å². The van der Waals surface area contributed by atoms with Crippen molar-refractivity contribution >= 4 is 33.2 Å². The number of ether oxygens (including phenoxy) is 1. The molecule has 0 radical (unpaired) electrons. The van der Waals surface area contributed by atoms with Gasteiger partial charge in [-0.05, 0) is 43.9 Å². The molecule has 3 N–H and O–H groups in total. The Balaban J connectivity index is 1.98. The van der Waals surface area contributed by atoms with Crippen LogP contribution in [0, 0.1) is 6.92 Å². The summed E-state index contributed by atoms with van der Waals surface area (Å²) in [7, 11) is 0. The zero-order chi connectivity index (χ0) is 13.8. The van der Waals surface area contributed by atoms with E-state index in [9.17, 15) is 4.79 Å².